The Morgan fingerprint density at radius 2 is 1.79 bits per heavy atom. The van der Waals surface area contributed by atoms with E-state index in [1.165, 1.54) is 11.8 Å². The summed E-state index contributed by atoms with van der Waals surface area (Å²) in [6, 6.07) is 9.49. The van der Waals surface area contributed by atoms with Crippen molar-refractivity contribution in [1.29, 1.82) is 0 Å². The van der Waals surface area contributed by atoms with Crippen LogP contribution in [-0.2, 0) is 14.8 Å². The van der Waals surface area contributed by atoms with Gasteiger partial charge >= 0.3 is 0 Å². The van der Waals surface area contributed by atoms with Crippen molar-refractivity contribution in [2.45, 2.75) is 16.7 Å². The first-order chi connectivity index (χ1) is 11.3. The molecule has 0 saturated heterocycles. The number of thioether (sulfide) groups is 1. The van der Waals surface area contributed by atoms with Crippen LogP contribution in [0.1, 0.15) is 5.56 Å². The van der Waals surface area contributed by atoms with Gasteiger partial charge in [0, 0.05) is 11.0 Å². The van der Waals surface area contributed by atoms with Gasteiger partial charge in [0.15, 0.2) is 0 Å². The zero-order valence-corrected chi connectivity index (χ0v) is 14.2. The maximum Gasteiger partial charge on any atom is 0.260 e. The summed E-state index contributed by atoms with van der Waals surface area (Å²) in [4.78, 5) is 13.6. The molecule has 0 saturated carbocycles. The maximum atomic E-state index is 13.5. The number of sulfonamides is 1. The Hall–Kier alpha value is -1.97. The Bertz CT molecular complexity index is 840. The number of nitrogens with one attached hydrogen (secondary N) is 2. The number of benzene rings is 2. The third kappa shape index (κ3) is 5.02. The van der Waals surface area contributed by atoms with Crippen molar-refractivity contribution in [3.63, 3.8) is 0 Å². The van der Waals surface area contributed by atoms with Crippen molar-refractivity contribution in [3.05, 3.63) is 59.7 Å². The van der Waals surface area contributed by atoms with Crippen LogP contribution in [0.5, 0.6) is 0 Å². The van der Waals surface area contributed by atoms with Gasteiger partial charge in [0.05, 0.1) is 5.75 Å². The lowest BCUT2D eigenvalue weighted by atomic mass is 10.2. The van der Waals surface area contributed by atoms with Crippen LogP contribution in [-0.4, -0.2) is 20.1 Å². The van der Waals surface area contributed by atoms with Gasteiger partial charge in [-0.1, -0.05) is 17.7 Å². The molecule has 9 heteroatoms. The fourth-order valence-electron chi connectivity index (χ4n) is 1.69. The molecule has 128 valence electrons. The van der Waals surface area contributed by atoms with Gasteiger partial charge in [-0.25, -0.2) is 17.2 Å². The normalized spacial score (nSPS) is 11.3. The van der Waals surface area contributed by atoms with E-state index in [2.05, 4.69) is 0 Å². The summed E-state index contributed by atoms with van der Waals surface area (Å²) >= 11 is 1.22. The zero-order chi connectivity index (χ0) is 17.7. The molecular formula is C15H14F2N2O3S2. The summed E-state index contributed by atoms with van der Waals surface area (Å²) in [5.74, 6) is -2.78. The first kappa shape index (κ1) is 18.4. The molecule has 2 aromatic rings. The molecule has 0 fully saturated rings. The van der Waals surface area contributed by atoms with Crippen molar-refractivity contribution >= 4 is 27.7 Å². The minimum Gasteiger partial charge on any atom is -0.277 e. The molecule has 0 atom stereocenters. The lowest BCUT2D eigenvalue weighted by Gasteiger charge is -2.09. The van der Waals surface area contributed by atoms with Gasteiger partial charge in [0.25, 0.3) is 10.0 Å². The van der Waals surface area contributed by atoms with Gasteiger partial charge in [-0.2, -0.15) is 0 Å². The summed E-state index contributed by atoms with van der Waals surface area (Å²) in [5.41, 5.74) is 3.07. The Morgan fingerprint density at radius 1 is 1.12 bits per heavy atom. The average molecular weight is 372 g/mol. The molecule has 0 heterocycles. The molecule has 0 aliphatic carbocycles. The first-order valence-corrected chi connectivity index (χ1v) is 9.20. The van der Waals surface area contributed by atoms with E-state index in [1.807, 2.05) is 36.6 Å². The van der Waals surface area contributed by atoms with Crippen LogP contribution in [0.2, 0.25) is 0 Å². The SMILES string of the molecule is Cc1ccc(SCC(=O)NNS(=O)(=O)c2ccc(F)cc2F)cc1. The molecule has 2 rings (SSSR count). The smallest absolute Gasteiger partial charge is 0.260 e. The largest absolute Gasteiger partial charge is 0.277 e. The number of hydrogen-bond acceptors (Lipinski definition) is 4. The molecule has 0 bridgehead atoms. The van der Waals surface area contributed by atoms with E-state index in [1.54, 1.807) is 4.83 Å². The first-order valence-electron chi connectivity index (χ1n) is 6.73. The topological polar surface area (TPSA) is 75.3 Å². The third-order valence-corrected chi connectivity index (χ3v) is 5.19. The number of hydrogen-bond donors (Lipinski definition) is 2. The number of carbonyl (C=O) groups is 1. The van der Waals surface area contributed by atoms with E-state index < -0.39 is 32.5 Å². The summed E-state index contributed by atoms with van der Waals surface area (Å²) < 4.78 is 50.1. The lowest BCUT2D eigenvalue weighted by Crippen LogP contribution is -2.42. The molecule has 2 aromatic carbocycles. The number of rotatable bonds is 6. The molecule has 24 heavy (non-hydrogen) atoms. The molecule has 0 spiro atoms. The van der Waals surface area contributed by atoms with Gasteiger partial charge in [-0.05, 0) is 31.2 Å². The third-order valence-electron chi connectivity index (χ3n) is 2.90. The van der Waals surface area contributed by atoms with E-state index in [-0.39, 0.29) is 5.75 Å². The van der Waals surface area contributed by atoms with Crippen LogP contribution >= 0.6 is 11.8 Å². The molecule has 0 aromatic heterocycles. The van der Waals surface area contributed by atoms with Crippen molar-refractivity contribution in [3.8, 4) is 0 Å². The Labute approximate surface area is 142 Å². The number of carbonyl (C=O) groups excluding carboxylic acids is 1. The van der Waals surface area contributed by atoms with Crippen molar-refractivity contribution in [2.75, 3.05) is 5.75 Å². The molecule has 0 aliphatic heterocycles. The van der Waals surface area contributed by atoms with Crippen LogP contribution in [0.15, 0.2) is 52.3 Å². The highest BCUT2D eigenvalue weighted by Crippen LogP contribution is 2.18. The van der Waals surface area contributed by atoms with E-state index in [0.717, 1.165) is 22.6 Å². The molecule has 0 aliphatic rings. The van der Waals surface area contributed by atoms with E-state index in [0.29, 0.717) is 6.07 Å². The predicted octanol–water partition coefficient (Wildman–Crippen LogP) is 2.38. The minimum absolute atomic E-state index is 0.0303. The number of aryl methyl sites for hydroxylation is 1. The maximum absolute atomic E-state index is 13.5. The molecule has 5 nitrogen and oxygen atoms in total. The fourth-order valence-corrected chi connectivity index (χ4v) is 3.31. The zero-order valence-electron chi connectivity index (χ0n) is 12.5. The van der Waals surface area contributed by atoms with E-state index >= 15 is 0 Å². The second-order valence-corrected chi connectivity index (χ2v) is 7.53. The molecule has 1 amide bonds. The molecule has 2 N–H and O–H groups in total. The van der Waals surface area contributed by atoms with Crippen LogP contribution in [0.3, 0.4) is 0 Å². The van der Waals surface area contributed by atoms with Gasteiger partial charge in [-0.3, -0.25) is 10.2 Å². The number of hydrazine groups is 1. The minimum atomic E-state index is -4.32. The van der Waals surface area contributed by atoms with Crippen LogP contribution in [0.4, 0.5) is 8.78 Å². The van der Waals surface area contributed by atoms with Crippen molar-refractivity contribution < 1.29 is 22.0 Å². The van der Waals surface area contributed by atoms with Crippen LogP contribution < -0.4 is 10.3 Å². The van der Waals surface area contributed by atoms with Gasteiger partial charge < -0.3 is 0 Å². The van der Waals surface area contributed by atoms with E-state index in [9.17, 15) is 22.0 Å². The monoisotopic (exact) mass is 372 g/mol. The average Bonchev–Trinajstić information content (AvgIpc) is 2.52. The highest BCUT2D eigenvalue weighted by molar-refractivity contribution is 8.00. The standard InChI is InChI=1S/C15H14F2N2O3S2/c1-10-2-5-12(6-3-10)23-9-15(20)18-19-24(21,22)14-7-4-11(16)8-13(14)17/h2-8,19H,9H2,1H3,(H,18,20). The van der Waals surface area contributed by atoms with Crippen molar-refractivity contribution in [1.82, 2.24) is 10.3 Å². The summed E-state index contributed by atoms with van der Waals surface area (Å²) in [6.07, 6.45) is 0. The van der Waals surface area contributed by atoms with Crippen LogP contribution in [0, 0.1) is 18.6 Å². The molecule has 0 unspecified atom stereocenters. The second-order valence-electron chi connectivity index (χ2n) is 4.83. The van der Waals surface area contributed by atoms with E-state index in [4.69, 9.17) is 0 Å². The van der Waals surface area contributed by atoms with Gasteiger partial charge in [-0.15, -0.1) is 16.6 Å². The molecule has 0 radical (unpaired) electrons. The van der Waals surface area contributed by atoms with Crippen molar-refractivity contribution in [2.24, 2.45) is 0 Å². The quantitative estimate of drug-likeness (QED) is 0.603. The molecular weight excluding hydrogens is 358 g/mol. The van der Waals surface area contributed by atoms with Gasteiger partial charge in [0.2, 0.25) is 5.91 Å². The lowest BCUT2D eigenvalue weighted by molar-refractivity contribution is -0.119. The Kier molecular flexibility index (Phi) is 5.92. The summed E-state index contributed by atoms with van der Waals surface area (Å²) in [5, 5.41) is 0. The predicted molar refractivity (Wildman–Crippen MR) is 86.7 cm³/mol. The number of amides is 1. The van der Waals surface area contributed by atoms with Gasteiger partial charge in [0.1, 0.15) is 16.5 Å². The highest BCUT2D eigenvalue weighted by Gasteiger charge is 2.20. The Morgan fingerprint density at radius 3 is 2.42 bits per heavy atom. The summed E-state index contributed by atoms with van der Waals surface area (Å²) in [6.45, 7) is 1.94. The fraction of sp³-hybridized carbons (Fsp3) is 0.133. The number of halogens is 2. The highest BCUT2D eigenvalue weighted by atomic mass is 32.2. The van der Waals surface area contributed by atoms with Crippen LogP contribution in [0.25, 0.3) is 0 Å². The summed E-state index contributed by atoms with van der Waals surface area (Å²) in [7, 11) is -4.32. The Balaban J connectivity index is 1.91. The second kappa shape index (κ2) is 7.73.